The summed E-state index contributed by atoms with van der Waals surface area (Å²) >= 11 is 3.85. The van der Waals surface area contributed by atoms with Gasteiger partial charge >= 0.3 is 0 Å². The summed E-state index contributed by atoms with van der Waals surface area (Å²) in [7, 11) is 1.82. The second-order valence-corrected chi connectivity index (χ2v) is 8.86. The van der Waals surface area contributed by atoms with Crippen molar-refractivity contribution >= 4 is 53.5 Å². The van der Waals surface area contributed by atoms with E-state index in [0.29, 0.717) is 6.54 Å². The Morgan fingerprint density at radius 1 is 1.40 bits per heavy atom. The second kappa shape index (κ2) is 7.78. The van der Waals surface area contributed by atoms with E-state index in [-0.39, 0.29) is 28.7 Å². The molecule has 2 heterocycles. The van der Waals surface area contributed by atoms with Gasteiger partial charge in [-0.05, 0) is 26.0 Å². The van der Waals surface area contributed by atoms with Gasteiger partial charge in [0, 0.05) is 42.9 Å². The van der Waals surface area contributed by atoms with Crippen molar-refractivity contribution < 1.29 is 5.11 Å². The summed E-state index contributed by atoms with van der Waals surface area (Å²) in [6.07, 6.45) is 0.878. The number of aliphatic imine (C=N–C) groups is 1. The van der Waals surface area contributed by atoms with E-state index in [4.69, 9.17) is 0 Å². The summed E-state index contributed by atoms with van der Waals surface area (Å²) in [6, 6.07) is 0. The smallest absolute Gasteiger partial charge is 0.193 e. The molecule has 2 aliphatic heterocycles. The molecule has 118 valence electrons. The van der Waals surface area contributed by atoms with E-state index in [9.17, 15) is 5.11 Å². The SMILES string of the molecule is CN=C(NCC1(O)CCSC1)N1CCSC(C)(C)C1.I. The number of guanidine groups is 1. The van der Waals surface area contributed by atoms with Crippen LogP contribution in [0, 0.1) is 0 Å². The highest BCUT2D eigenvalue weighted by atomic mass is 127. The molecule has 0 radical (unpaired) electrons. The van der Waals surface area contributed by atoms with E-state index in [1.54, 1.807) is 0 Å². The van der Waals surface area contributed by atoms with Crippen molar-refractivity contribution in [3.05, 3.63) is 0 Å². The van der Waals surface area contributed by atoms with Crippen molar-refractivity contribution in [2.45, 2.75) is 30.6 Å². The first-order chi connectivity index (χ1) is 8.94. The van der Waals surface area contributed by atoms with Crippen LogP contribution in [0.5, 0.6) is 0 Å². The van der Waals surface area contributed by atoms with Crippen molar-refractivity contribution in [3.63, 3.8) is 0 Å². The van der Waals surface area contributed by atoms with Gasteiger partial charge in [0.25, 0.3) is 0 Å². The largest absolute Gasteiger partial charge is 0.387 e. The molecule has 0 aromatic heterocycles. The molecule has 1 atom stereocenters. The summed E-state index contributed by atoms with van der Waals surface area (Å²) < 4.78 is 0.274. The van der Waals surface area contributed by atoms with Crippen LogP contribution >= 0.6 is 47.5 Å². The lowest BCUT2D eigenvalue weighted by Gasteiger charge is -2.39. The number of halogens is 1. The molecule has 2 fully saturated rings. The summed E-state index contributed by atoms with van der Waals surface area (Å²) in [4.78, 5) is 6.68. The molecule has 2 N–H and O–H groups in total. The van der Waals surface area contributed by atoms with E-state index >= 15 is 0 Å². The summed E-state index contributed by atoms with van der Waals surface area (Å²) in [5.41, 5.74) is -0.555. The number of rotatable bonds is 2. The van der Waals surface area contributed by atoms with Crippen molar-refractivity contribution in [2.24, 2.45) is 4.99 Å². The molecule has 0 spiro atoms. The van der Waals surface area contributed by atoms with Gasteiger partial charge in [0.2, 0.25) is 0 Å². The lowest BCUT2D eigenvalue weighted by Crippen LogP contribution is -2.53. The van der Waals surface area contributed by atoms with Gasteiger partial charge in [-0.15, -0.1) is 24.0 Å². The molecule has 2 saturated heterocycles. The van der Waals surface area contributed by atoms with Crippen LogP contribution in [0.4, 0.5) is 0 Å². The van der Waals surface area contributed by atoms with Gasteiger partial charge in [-0.25, -0.2) is 0 Å². The van der Waals surface area contributed by atoms with E-state index in [2.05, 4.69) is 29.1 Å². The Bertz CT molecular complexity index is 347. The number of hydrogen-bond acceptors (Lipinski definition) is 4. The quantitative estimate of drug-likeness (QED) is 0.397. The molecule has 2 aliphatic rings. The van der Waals surface area contributed by atoms with E-state index in [1.165, 1.54) is 0 Å². The Morgan fingerprint density at radius 2 is 2.15 bits per heavy atom. The first-order valence-electron chi connectivity index (χ1n) is 6.84. The Hall–Kier alpha value is 0.660. The third kappa shape index (κ3) is 5.14. The van der Waals surface area contributed by atoms with Gasteiger partial charge in [-0.2, -0.15) is 23.5 Å². The van der Waals surface area contributed by atoms with Gasteiger partial charge in [0.15, 0.2) is 5.96 Å². The lowest BCUT2D eigenvalue weighted by atomic mass is 10.0. The van der Waals surface area contributed by atoms with Crippen LogP contribution in [0.15, 0.2) is 4.99 Å². The van der Waals surface area contributed by atoms with Gasteiger partial charge in [-0.1, -0.05) is 0 Å². The molecule has 0 bridgehead atoms. The van der Waals surface area contributed by atoms with Crippen LogP contribution in [-0.4, -0.2) is 70.3 Å². The minimum absolute atomic E-state index is 0. The fourth-order valence-electron chi connectivity index (χ4n) is 2.51. The average Bonchev–Trinajstić information content (AvgIpc) is 2.76. The zero-order valence-corrected chi connectivity index (χ0v) is 16.5. The maximum atomic E-state index is 10.4. The van der Waals surface area contributed by atoms with Crippen LogP contribution in [0.2, 0.25) is 0 Å². The lowest BCUT2D eigenvalue weighted by molar-refractivity contribution is 0.0717. The van der Waals surface area contributed by atoms with Crippen LogP contribution < -0.4 is 5.32 Å². The van der Waals surface area contributed by atoms with Gasteiger partial charge < -0.3 is 15.3 Å². The number of nitrogens with one attached hydrogen (secondary N) is 1. The minimum Gasteiger partial charge on any atom is -0.387 e. The fraction of sp³-hybridized carbons (Fsp3) is 0.923. The molecule has 0 aromatic rings. The van der Waals surface area contributed by atoms with Crippen molar-refractivity contribution in [2.75, 3.05) is 43.9 Å². The maximum absolute atomic E-state index is 10.4. The first kappa shape index (κ1) is 18.7. The van der Waals surface area contributed by atoms with Gasteiger partial charge in [-0.3, -0.25) is 4.99 Å². The van der Waals surface area contributed by atoms with Crippen LogP contribution in [-0.2, 0) is 0 Å². The Labute approximate surface area is 147 Å². The minimum atomic E-state index is -0.555. The van der Waals surface area contributed by atoms with E-state index < -0.39 is 5.60 Å². The molecular weight excluding hydrogens is 405 g/mol. The summed E-state index contributed by atoms with van der Waals surface area (Å²) in [5, 5.41) is 13.7. The Morgan fingerprint density at radius 3 is 2.70 bits per heavy atom. The topological polar surface area (TPSA) is 47.9 Å². The molecule has 2 rings (SSSR count). The predicted molar refractivity (Wildman–Crippen MR) is 102 cm³/mol. The number of hydrogen-bond donors (Lipinski definition) is 2. The third-order valence-electron chi connectivity index (χ3n) is 3.60. The number of thioether (sulfide) groups is 2. The Kier molecular flexibility index (Phi) is 7.28. The zero-order chi connectivity index (χ0) is 13.9. The van der Waals surface area contributed by atoms with Crippen LogP contribution in [0.25, 0.3) is 0 Å². The van der Waals surface area contributed by atoms with Crippen LogP contribution in [0.3, 0.4) is 0 Å². The summed E-state index contributed by atoms with van der Waals surface area (Å²) in [5.74, 6) is 3.95. The van der Waals surface area contributed by atoms with E-state index in [0.717, 1.165) is 42.7 Å². The monoisotopic (exact) mass is 431 g/mol. The normalized spacial score (nSPS) is 30.0. The molecule has 0 aromatic carbocycles. The van der Waals surface area contributed by atoms with Crippen molar-refractivity contribution in [3.8, 4) is 0 Å². The second-order valence-electron chi connectivity index (χ2n) is 5.96. The fourth-order valence-corrected chi connectivity index (χ4v) is 4.92. The molecule has 4 nitrogen and oxygen atoms in total. The molecule has 1 unspecified atom stereocenters. The highest BCUT2D eigenvalue weighted by Gasteiger charge is 2.33. The maximum Gasteiger partial charge on any atom is 0.193 e. The number of aliphatic hydroxyl groups is 1. The standard InChI is InChI=1S/C13H25N3OS2.HI/c1-12(2)9-16(5-7-19-12)11(14-3)15-8-13(17)4-6-18-10-13;/h17H,4-10H2,1-3H3,(H,14,15);1H. The molecule has 0 saturated carbocycles. The highest BCUT2D eigenvalue weighted by Crippen LogP contribution is 2.30. The zero-order valence-electron chi connectivity index (χ0n) is 12.5. The summed E-state index contributed by atoms with van der Waals surface area (Å²) in [6.45, 7) is 7.19. The van der Waals surface area contributed by atoms with Crippen molar-refractivity contribution in [1.82, 2.24) is 10.2 Å². The number of nitrogens with zero attached hydrogens (tertiary/aromatic N) is 2. The first-order valence-corrected chi connectivity index (χ1v) is 8.98. The third-order valence-corrected chi connectivity index (χ3v) is 6.13. The molecular formula is C13H26IN3OS2. The highest BCUT2D eigenvalue weighted by molar-refractivity contribution is 14.0. The molecule has 0 amide bonds. The molecule has 7 heteroatoms. The van der Waals surface area contributed by atoms with Gasteiger partial charge in [0.1, 0.15) is 0 Å². The van der Waals surface area contributed by atoms with Gasteiger partial charge in [0.05, 0.1) is 5.60 Å². The van der Waals surface area contributed by atoms with E-state index in [1.807, 2.05) is 30.6 Å². The van der Waals surface area contributed by atoms with Crippen LogP contribution in [0.1, 0.15) is 20.3 Å². The predicted octanol–water partition coefficient (Wildman–Crippen LogP) is 1.88. The van der Waals surface area contributed by atoms with Crippen molar-refractivity contribution in [1.29, 1.82) is 0 Å². The Balaban J connectivity index is 0.00000200. The molecule has 20 heavy (non-hydrogen) atoms. The average molecular weight is 431 g/mol. The molecule has 0 aliphatic carbocycles.